The molecule has 0 spiro atoms. The number of benzene rings is 1. The predicted octanol–water partition coefficient (Wildman–Crippen LogP) is 3.24. The minimum Gasteiger partial charge on any atom is -0.508 e. The van der Waals surface area contributed by atoms with Gasteiger partial charge in [-0.25, -0.2) is 0 Å². The van der Waals surface area contributed by atoms with Gasteiger partial charge in [0.2, 0.25) is 0 Å². The molecule has 1 rings (SSSR count). The van der Waals surface area contributed by atoms with Crippen LogP contribution in [0.2, 0.25) is 0 Å². The minimum absolute atomic E-state index is 0.0386. The van der Waals surface area contributed by atoms with Crippen LogP contribution in [0.4, 0.5) is 0 Å². The highest BCUT2D eigenvalue weighted by Crippen LogP contribution is 2.23. The molecule has 1 aromatic rings. The summed E-state index contributed by atoms with van der Waals surface area (Å²) in [6.45, 7) is 3.66. The first kappa shape index (κ1) is 12.1. The van der Waals surface area contributed by atoms with Crippen LogP contribution >= 0.6 is 11.8 Å². The van der Waals surface area contributed by atoms with Gasteiger partial charge >= 0.3 is 0 Å². The van der Waals surface area contributed by atoms with E-state index in [0.717, 1.165) is 23.5 Å². The number of aromatic hydroxyl groups is 1. The second-order valence-electron chi connectivity index (χ2n) is 3.45. The van der Waals surface area contributed by atoms with E-state index in [1.165, 1.54) is 6.92 Å². The number of carbonyl (C=O) groups excluding carboxylic acids is 1. The van der Waals surface area contributed by atoms with E-state index in [9.17, 15) is 9.90 Å². The third-order valence-electron chi connectivity index (χ3n) is 2.09. The van der Waals surface area contributed by atoms with Gasteiger partial charge in [0, 0.05) is 16.9 Å². The summed E-state index contributed by atoms with van der Waals surface area (Å²) >= 11 is 1.77. The van der Waals surface area contributed by atoms with Crippen LogP contribution in [-0.2, 0) is 5.75 Å². The van der Waals surface area contributed by atoms with Crippen molar-refractivity contribution in [2.24, 2.45) is 0 Å². The first-order chi connectivity index (χ1) is 7.15. The van der Waals surface area contributed by atoms with Crippen molar-refractivity contribution in [3.05, 3.63) is 29.3 Å². The molecule has 0 radical (unpaired) electrons. The summed E-state index contributed by atoms with van der Waals surface area (Å²) in [7, 11) is 0. The molecule has 0 aromatic heterocycles. The lowest BCUT2D eigenvalue weighted by atomic mass is 10.1. The number of hydrogen-bond donors (Lipinski definition) is 1. The average Bonchev–Trinajstić information content (AvgIpc) is 2.20. The molecule has 1 N–H and O–H groups in total. The molecule has 0 aliphatic carbocycles. The van der Waals surface area contributed by atoms with Crippen molar-refractivity contribution in [2.75, 3.05) is 5.75 Å². The molecular formula is C12H16O2S. The van der Waals surface area contributed by atoms with E-state index >= 15 is 0 Å². The highest BCUT2D eigenvalue weighted by atomic mass is 32.2. The van der Waals surface area contributed by atoms with Crippen molar-refractivity contribution in [2.45, 2.75) is 26.0 Å². The molecule has 82 valence electrons. The summed E-state index contributed by atoms with van der Waals surface area (Å²) in [4.78, 5) is 11.2. The number of phenols is 1. The number of rotatable bonds is 5. The lowest BCUT2D eigenvalue weighted by Crippen LogP contribution is -1.94. The molecule has 0 saturated carbocycles. The van der Waals surface area contributed by atoms with Crippen LogP contribution in [-0.4, -0.2) is 16.6 Å². The van der Waals surface area contributed by atoms with Gasteiger partial charge in [0.05, 0.1) is 0 Å². The lowest BCUT2D eigenvalue weighted by molar-refractivity contribution is 0.101. The second-order valence-corrected chi connectivity index (χ2v) is 4.56. The molecule has 1 aromatic carbocycles. The Morgan fingerprint density at radius 2 is 2.20 bits per heavy atom. The van der Waals surface area contributed by atoms with Crippen molar-refractivity contribution in [1.29, 1.82) is 0 Å². The van der Waals surface area contributed by atoms with Crippen molar-refractivity contribution < 1.29 is 9.90 Å². The van der Waals surface area contributed by atoms with E-state index in [1.54, 1.807) is 30.0 Å². The monoisotopic (exact) mass is 224 g/mol. The van der Waals surface area contributed by atoms with Gasteiger partial charge in [-0.05, 0) is 37.3 Å². The van der Waals surface area contributed by atoms with Gasteiger partial charge in [-0.1, -0.05) is 6.92 Å². The molecule has 0 unspecified atom stereocenters. The predicted molar refractivity (Wildman–Crippen MR) is 64.6 cm³/mol. The Kier molecular flexibility index (Phi) is 4.69. The molecule has 0 fully saturated rings. The Hall–Kier alpha value is -0.960. The third-order valence-corrected chi connectivity index (χ3v) is 3.30. The second kappa shape index (κ2) is 5.81. The molecule has 0 aliphatic rings. The fourth-order valence-corrected chi connectivity index (χ4v) is 2.13. The Morgan fingerprint density at radius 3 is 2.80 bits per heavy atom. The van der Waals surface area contributed by atoms with E-state index in [0.29, 0.717) is 5.56 Å². The quantitative estimate of drug-likeness (QED) is 0.616. The third kappa shape index (κ3) is 3.59. The highest BCUT2D eigenvalue weighted by Gasteiger charge is 2.05. The Labute approximate surface area is 94.7 Å². The maximum absolute atomic E-state index is 11.2. The lowest BCUT2D eigenvalue weighted by Gasteiger charge is -2.05. The molecule has 2 nitrogen and oxygen atoms in total. The van der Waals surface area contributed by atoms with Gasteiger partial charge in [0.25, 0.3) is 0 Å². The summed E-state index contributed by atoms with van der Waals surface area (Å²) in [5, 5.41) is 9.59. The van der Waals surface area contributed by atoms with Crippen molar-refractivity contribution in [3.8, 4) is 5.75 Å². The fourth-order valence-electron chi connectivity index (χ4n) is 1.25. The molecule has 0 bridgehead atoms. The van der Waals surface area contributed by atoms with E-state index in [4.69, 9.17) is 0 Å². The van der Waals surface area contributed by atoms with Gasteiger partial charge in [0.15, 0.2) is 5.78 Å². The van der Waals surface area contributed by atoms with Crippen molar-refractivity contribution in [1.82, 2.24) is 0 Å². The van der Waals surface area contributed by atoms with Crippen LogP contribution in [0.5, 0.6) is 5.75 Å². The Morgan fingerprint density at radius 1 is 1.47 bits per heavy atom. The molecule has 0 heterocycles. The summed E-state index contributed by atoms with van der Waals surface area (Å²) in [6.07, 6.45) is 1.12. The standard InChI is InChI=1S/C12H16O2S/c1-3-6-15-8-11-7-10(9(2)13)4-5-12(11)14/h4-5,7,14H,3,6,8H2,1-2H3. The SMILES string of the molecule is CCCSCc1cc(C(C)=O)ccc1O. The zero-order valence-electron chi connectivity index (χ0n) is 9.12. The van der Waals surface area contributed by atoms with Gasteiger partial charge < -0.3 is 5.11 Å². The Balaban J connectivity index is 2.76. The normalized spacial score (nSPS) is 10.3. The van der Waals surface area contributed by atoms with E-state index in [2.05, 4.69) is 6.92 Å². The number of carbonyl (C=O) groups is 1. The molecule has 0 atom stereocenters. The van der Waals surface area contributed by atoms with E-state index in [-0.39, 0.29) is 11.5 Å². The number of thioether (sulfide) groups is 1. The number of phenolic OH excluding ortho intramolecular Hbond substituents is 1. The molecule has 0 saturated heterocycles. The number of Topliss-reactive ketones (excluding diaryl/α,β-unsaturated/α-hetero) is 1. The topological polar surface area (TPSA) is 37.3 Å². The maximum atomic E-state index is 11.2. The molecule has 15 heavy (non-hydrogen) atoms. The van der Waals surface area contributed by atoms with Crippen molar-refractivity contribution >= 4 is 17.5 Å². The van der Waals surface area contributed by atoms with Crippen LogP contribution in [0.15, 0.2) is 18.2 Å². The van der Waals surface area contributed by atoms with Gasteiger partial charge in [-0.15, -0.1) is 0 Å². The highest BCUT2D eigenvalue weighted by molar-refractivity contribution is 7.98. The van der Waals surface area contributed by atoms with Crippen molar-refractivity contribution in [3.63, 3.8) is 0 Å². The molecule has 0 aliphatic heterocycles. The zero-order chi connectivity index (χ0) is 11.3. The largest absolute Gasteiger partial charge is 0.508 e. The first-order valence-electron chi connectivity index (χ1n) is 5.05. The van der Waals surface area contributed by atoms with E-state index < -0.39 is 0 Å². The first-order valence-corrected chi connectivity index (χ1v) is 6.21. The average molecular weight is 224 g/mol. The summed E-state index contributed by atoms with van der Waals surface area (Å²) in [5.74, 6) is 2.16. The smallest absolute Gasteiger partial charge is 0.159 e. The fraction of sp³-hybridized carbons (Fsp3) is 0.417. The van der Waals surface area contributed by atoms with E-state index in [1.807, 2.05) is 0 Å². The van der Waals surface area contributed by atoms with Gasteiger partial charge in [0.1, 0.15) is 5.75 Å². The Bertz CT molecular complexity index is 347. The molecule has 3 heteroatoms. The zero-order valence-corrected chi connectivity index (χ0v) is 9.93. The van der Waals surface area contributed by atoms with Crippen LogP contribution in [0.25, 0.3) is 0 Å². The number of ketones is 1. The molecule has 0 amide bonds. The maximum Gasteiger partial charge on any atom is 0.159 e. The van der Waals surface area contributed by atoms with Crippen LogP contribution in [0.3, 0.4) is 0 Å². The van der Waals surface area contributed by atoms with Crippen LogP contribution in [0, 0.1) is 0 Å². The molecular weight excluding hydrogens is 208 g/mol. The number of hydrogen-bond acceptors (Lipinski definition) is 3. The summed E-state index contributed by atoms with van der Waals surface area (Å²) in [6, 6.07) is 5.03. The minimum atomic E-state index is 0.0386. The summed E-state index contributed by atoms with van der Waals surface area (Å²) in [5.41, 5.74) is 1.51. The van der Waals surface area contributed by atoms with Crippen LogP contribution < -0.4 is 0 Å². The van der Waals surface area contributed by atoms with Crippen LogP contribution in [0.1, 0.15) is 36.2 Å². The summed E-state index contributed by atoms with van der Waals surface area (Å²) < 4.78 is 0. The van der Waals surface area contributed by atoms with Gasteiger partial charge in [-0.2, -0.15) is 11.8 Å². The van der Waals surface area contributed by atoms with Gasteiger partial charge in [-0.3, -0.25) is 4.79 Å².